The maximum Gasteiger partial charge on any atom is 0.410 e. The predicted octanol–water partition coefficient (Wildman–Crippen LogP) is 2.51. The molecule has 0 aromatic carbocycles. The van der Waals surface area contributed by atoms with Gasteiger partial charge in [-0.2, -0.15) is 13.2 Å². The van der Waals surface area contributed by atoms with Gasteiger partial charge in [0, 0.05) is 13.1 Å². The fourth-order valence-corrected chi connectivity index (χ4v) is 2.10. The molecular weight excluding hydrogens is 279 g/mol. The van der Waals surface area contributed by atoms with E-state index in [1.165, 1.54) is 0 Å². The van der Waals surface area contributed by atoms with Gasteiger partial charge in [0.1, 0.15) is 5.60 Å². The van der Waals surface area contributed by atoms with Crippen molar-refractivity contribution in [3.63, 3.8) is 0 Å². The van der Waals surface area contributed by atoms with Crippen LogP contribution in [0.15, 0.2) is 0 Å². The molecule has 1 saturated heterocycles. The van der Waals surface area contributed by atoms with E-state index in [4.69, 9.17) is 9.84 Å². The van der Waals surface area contributed by atoms with Crippen LogP contribution in [0.5, 0.6) is 0 Å². The predicted molar refractivity (Wildman–Crippen MR) is 63.1 cm³/mol. The molecule has 0 saturated carbocycles. The summed E-state index contributed by atoms with van der Waals surface area (Å²) in [6.07, 6.45) is -5.65. The summed E-state index contributed by atoms with van der Waals surface area (Å²) in [5.74, 6) is -3.27. The number of ether oxygens (including phenoxy) is 1. The number of halogens is 3. The molecule has 1 heterocycles. The first-order valence-corrected chi connectivity index (χ1v) is 6.05. The maximum absolute atomic E-state index is 13.1. The van der Waals surface area contributed by atoms with Crippen molar-refractivity contribution in [2.24, 2.45) is 11.3 Å². The Morgan fingerprint density at radius 3 is 2.10 bits per heavy atom. The van der Waals surface area contributed by atoms with Crippen LogP contribution in [0.25, 0.3) is 0 Å². The average molecular weight is 297 g/mol. The molecule has 5 nitrogen and oxygen atoms in total. The normalized spacial score (nSPS) is 27.6. The summed E-state index contributed by atoms with van der Waals surface area (Å²) in [5, 5.41) is 8.97. The quantitative estimate of drug-likeness (QED) is 0.807. The summed E-state index contributed by atoms with van der Waals surface area (Å²) in [6, 6.07) is 0. The second-order valence-corrected chi connectivity index (χ2v) is 6.17. The van der Waals surface area contributed by atoms with Crippen molar-refractivity contribution in [3.05, 3.63) is 0 Å². The minimum Gasteiger partial charge on any atom is -0.481 e. The summed E-state index contributed by atoms with van der Waals surface area (Å²) in [7, 11) is 0. The minimum atomic E-state index is -4.72. The molecule has 0 unspecified atom stereocenters. The number of rotatable bonds is 1. The second-order valence-electron chi connectivity index (χ2n) is 6.17. The highest BCUT2D eigenvalue weighted by atomic mass is 19.4. The Bertz CT molecular complexity index is 416. The largest absolute Gasteiger partial charge is 0.481 e. The number of carbonyl (C=O) groups is 2. The first-order chi connectivity index (χ1) is 8.78. The molecule has 0 spiro atoms. The highest BCUT2D eigenvalue weighted by Crippen LogP contribution is 2.48. The van der Waals surface area contributed by atoms with Crippen LogP contribution in [-0.4, -0.2) is 46.9 Å². The third-order valence-corrected chi connectivity index (χ3v) is 3.29. The topological polar surface area (TPSA) is 66.8 Å². The molecule has 0 aliphatic carbocycles. The fraction of sp³-hybridized carbons (Fsp3) is 0.833. The number of nitrogens with zero attached hydrogens (tertiary/aromatic N) is 1. The van der Waals surface area contributed by atoms with E-state index in [1.54, 1.807) is 20.8 Å². The van der Waals surface area contributed by atoms with E-state index in [-0.39, 0.29) is 0 Å². The zero-order chi connectivity index (χ0) is 15.9. The summed E-state index contributed by atoms with van der Waals surface area (Å²) >= 11 is 0. The summed E-state index contributed by atoms with van der Waals surface area (Å²) in [4.78, 5) is 23.6. The van der Waals surface area contributed by atoms with Crippen LogP contribution >= 0.6 is 0 Å². The van der Waals surface area contributed by atoms with Gasteiger partial charge in [-0.25, -0.2) is 4.79 Å². The molecule has 0 aromatic rings. The average Bonchev–Trinajstić information content (AvgIpc) is 2.54. The van der Waals surface area contributed by atoms with Crippen LogP contribution < -0.4 is 0 Å². The number of amides is 1. The molecule has 20 heavy (non-hydrogen) atoms. The smallest absolute Gasteiger partial charge is 0.410 e. The van der Waals surface area contributed by atoms with Gasteiger partial charge in [-0.1, -0.05) is 0 Å². The third-order valence-electron chi connectivity index (χ3n) is 3.29. The Morgan fingerprint density at radius 1 is 1.30 bits per heavy atom. The number of hydrogen-bond donors (Lipinski definition) is 1. The summed E-state index contributed by atoms with van der Waals surface area (Å²) in [5.41, 5.74) is -3.33. The van der Waals surface area contributed by atoms with E-state index in [2.05, 4.69) is 0 Å². The maximum atomic E-state index is 13.1. The van der Waals surface area contributed by atoms with Crippen molar-refractivity contribution >= 4 is 12.1 Å². The molecule has 1 amide bonds. The lowest BCUT2D eigenvalue weighted by molar-refractivity contribution is -0.228. The minimum absolute atomic E-state index is 0.514. The van der Waals surface area contributed by atoms with Crippen molar-refractivity contribution in [3.8, 4) is 0 Å². The van der Waals surface area contributed by atoms with Crippen molar-refractivity contribution < 1.29 is 32.6 Å². The van der Waals surface area contributed by atoms with Gasteiger partial charge in [0.15, 0.2) is 0 Å². The van der Waals surface area contributed by atoms with Crippen LogP contribution in [0.1, 0.15) is 27.7 Å². The Balaban J connectivity index is 2.98. The number of carbonyl (C=O) groups excluding carboxylic acids is 1. The van der Waals surface area contributed by atoms with Crippen LogP contribution in [0, 0.1) is 11.3 Å². The van der Waals surface area contributed by atoms with Gasteiger partial charge in [-0.05, 0) is 27.7 Å². The van der Waals surface area contributed by atoms with Crippen LogP contribution in [0.2, 0.25) is 0 Å². The number of carboxylic acid groups (broad SMARTS) is 1. The lowest BCUT2D eigenvalue weighted by atomic mass is 9.79. The molecule has 0 bridgehead atoms. The molecule has 116 valence electrons. The molecule has 1 aliphatic rings. The second kappa shape index (κ2) is 4.82. The van der Waals surface area contributed by atoms with Gasteiger partial charge in [0.2, 0.25) is 0 Å². The van der Waals surface area contributed by atoms with Gasteiger partial charge in [-0.3, -0.25) is 4.79 Å². The molecule has 8 heteroatoms. The van der Waals surface area contributed by atoms with Gasteiger partial charge < -0.3 is 14.7 Å². The number of hydrogen-bond acceptors (Lipinski definition) is 3. The number of carboxylic acids is 1. The zero-order valence-corrected chi connectivity index (χ0v) is 11.7. The molecule has 0 radical (unpaired) electrons. The van der Waals surface area contributed by atoms with E-state index in [0.717, 1.165) is 11.8 Å². The van der Waals surface area contributed by atoms with E-state index in [0.29, 0.717) is 0 Å². The third kappa shape index (κ3) is 3.16. The summed E-state index contributed by atoms with van der Waals surface area (Å²) < 4.78 is 44.2. The number of alkyl halides is 3. The molecule has 2 atom stereocenters. The van der Waals surface area contributed by atoms with E-state index >= 15 is 0 Å². The van der Waals surface area contributed by atoms with Gasteiger partial charge >= 0.3 is 18.2 Å². The zero-order valence-electron chi connectivity index (χ0n) is 11.7. The van der Waals surface area contributed by atoms with Crippen LogP contribution in [0.3, 0.4) is 0 Å². The van der Waals surface area contributed by atoms with Crippen molar-refractivity contribution in [1.29, 1.82) is 0 Å². The molecule has 1 rings (SSSR count). The lowest BCUT2D eigenvalue weighted by Gasteiger charge is -2.30. The Hall–Kier alpha value is -1.47. The molecule has 0 aromatic heterocycles. The highest BCUT2D eigenvalue weighted by molar-refractivity contribution is 5.75. The number of likely N-dealkylation sites (tertiary alicyclic amines) is 1. The first kappa shape index (κ1) is 16.6. The Kier molecular flexibility index (Phi) is 4.00. The molecule has 1 fully saturated rings. The van der Waals surface area contributed by atoms with Gasteiger partial charge in [0.25, 0.3) is 0 Å². The van der Waals surface area contributed by atoms with E-state index < -0.39 is 48.3 Å². The van der Waals surface area contributed by atoms with E-state index in [1.807, 2.05) is 0 Å². The first-order valence-electron chi connectivity index (χ1n) is 6.05. The SMILES string of the molecule is CC(C)(C)OC(=O)N1C[C@H](C(=O)O)[C@@](C)(C(F)(F)F)C1. The standard InChI is InChI=1S/C12H18F3NO4/c1-10(2,3)20-9(19)16-5-7(8(17)18)11(4,6-16)12(13,14)15/h7H,5-6H2,1-4H3,(H,17,18)/t7-,11+/m1/s1. The molecule has 1 N–H and O–H groups in total. The fourth-order valence-electron chi connectivity index (χ4n) is 2.10. The summed E-state index contributed by atoms with van der Waals surface area (Å²) in [6.45, 7) is 4.33. The monoisotopic (exact) mass is 297 g/mol. The van der Waals surface area contributed by atoms with Crippen molar-refractivity contribution in [2.75, 3.05) is 13.1 Å². The lowest BCUT2D eigenvalue weighted by Crippen LogP contribution is -2.45. The van der Waals surface area contributed by atoms with Crippen molar-refractivity contribution in [2.45, 2.75) is 39.5 Å². The van der Waals surface area contributed by atoms with Gasteiger partial charge in [0.05, 0.1) is 11.3 Å². The van der Waals surface area contributed by atoms with Gasteiger partial charge in [-0.15, -0.1) is 0 Å². The Labute approximate surface area is 114 Å². The highest BCUT2D eigenvalue weighted by Gasteiger charge is 2.63. The molecule has 1 aliphatic heterocycles. The van der Waals surface area contributed by atoms with Crippen molar-refractivity contribution in [1.82, 2.24) is 4.90 Å². The Morgan fingerprint density at radius 2 is 1.80 bits per heavy atom. The van der Waals surface area contributed by atoms with E-state index in [9.17, 15) is 22.8 Å². The number of aliphatic carboxylic acids is 1. The molecular formula is C12H18F3NO4. The van der Waals surface area contributed by atoms with Crippen LogP contribution in [-0.2, 0) is 9.53 Å². The van der Waals surface area contributed by atoms with Crippen LogP contribution in [0.4, 0.5) is 18.0 Å².